The first-order valence-electron chi connectivity index (χ1n) is 10.2. The van der Waals surface area contributed by atoms with Crippen molar-refractivity contribution in [3.63, 3.8) is 0 Å². The molecule has 0 aliphatic carbocycles. The molecule has 0 aliphatic rings. The van der Waals surface area contributed by atoms with Gasteiger partial charge in [-0.05, 0) is 67.1 Å². The topological polar surface area (TPSA) is 127 Å². The first kappa shape index (κ1) is 24.6. The van der Waals surface area contributed by atoms with Gasteiger partial charge in [-0.2, -0.15) is 0 Å². The molecule has 4 aromatic rings. The molecule has 0 radical (unpaired) electrons. The molecular formula is C23H19ClN6O3S2. The first-order valence-corrected chi connectivity index (χ1v) is 13.1. The summed E-state index contributed by atoms with van der Waals surface area (Å²) in [6, 6.07) is 14.5. The Balaban J connectivity index is 1.38. The number of Topliss-reactive ketones (excluding diaryl/α,β-unsaturated/α-hetero) is 1. The highest BCUT2D eigenvalue weighted by Crippen LogP contribution is 2.22. The molecule has 2 N–H and O–H groups in total. The van der Waals surface area contributed by atoms with Gasteiger partial charge in [0, 0.05) is 34.9 Å². The summed E-state index contributed by atoms with van der Waals surface area (Å²) in [5, 5.41) is 4.10. The molecule has 0 unspecified atom stereocenters. The van der Waals surface area contributed by atoms with E-state index in [1.54, 1.807) is 48.7 Å². The minimum Gasteiger partial charge on any atom is -0.340 e. The van der Waals surface area contributed by atoms with Crippen molar-refractivity contribution in [2.45, 2.75) is 17.0 Å². The van der Waals surface area contributed by atoms with Crippen LogP contribution in [0.2, 0.25) is 5.02 Å². The van der Waals surface area contributed by atoms with Crippen LogP contribution in [0.3, 0.4) is 0 Å². The number of hydrogen-bond donors (Lipinski definition) is 2. The summed E-state index contributed by atoms with van der Waals surface area (Å²) in [6.45, 7) is 1.81. The fraction of sp³-hybridized carbons (Fsp3) is 0.0870. The number of rotatable bonds is 9. The number of carbonyl (C=O) groups excluding carboxylic acids is 1. The molecule has 4 rings (SSSR count). The Hall–Kier alpha value is -3.54. The molecule has 9 nitrogen and oxygen atoms in total. The van der Waals surface area contributed by atoms with Crippen LogP contribution in [0.15, 0.2) is 83.2 Å². The first-order chi connectivity index (χ1) is 16.8. The van der Waals surface area contributed by atoms with E-state index in [0.717, 1.165) is 5.56 Å². The Morgan fingerprint density at radius 3 is 2.34 bits per heavy atom. The predicted octanol–water partition coefficient (Wildman–Crippen LogP) is 4.75. The zero-order valence-electron chi connectivity index (χ0n) is 18.3. The van der Waals surface area contributed by atoms with E-state index in [0.29, 0.717) is 27.2 Å². The van der Waals surface area contributed by atoms with E-state index in [4.69, 9.17) is 11.6 Å². The van der Waals surface area contributed by atoms with Crippen molar-refractivity contribution in [1.82, 2.24) is 19.9 Å². The summed E-state index contributed by atoms with van der Waals surface area (Å²) < 4.78 is 27.5. The van der Waals surface area contributed by atoms with Gasteiger partial charge in [-0.3, -0.25) is 4.79 Å². The third-order valence-electron chi connectivity index (χ3n) is 4.58. The maximum absolute atomic E-state index is 12.6. The maximum Gasteiger partial charge on any atom is 0.264 e. The number of halogens is 1. The minimum absolute atomic E-state index is 0.00152. The number of nitrogens with zero attached hydrogens (tertiary/aromatic N) is 4. The molecule has 0 fully saturated rings. The zero-order chi connectivity index (χ0) is 24.8. The van der Waals surface area contributed by atoms with Crippen molar-refractivity contribution < 1.29 is 13.2 Å². The Labute approximate surface area is 211 Å². The summed E-state index contributed by atoms with van der Waals surface area (Å²) in [4.78, 5) is 28.9. The van der Waals surface area contributed by atoms with Gasteiger partial charge < -0.3 is 5.32 Å². The largest absolute Gasteiger partial charge is 0.340 e. The monoisotopic (exact) mass is 526 g/mol. The standard InChI is InChI=1S/C23H19ClN6O3S2/c1-15-12-26-22(27-13-15)30-35(32,33)19-8-6-18(7-9-19)28-21-10-11-25-23(29-21)34-14-20(31)16-2-4-17(24)5-3-16/h2-13H,14H2,1H3,(H,25,28,29)(H,26,27,30). The van der Waals surface area contributed by atoms with Gasteiger partial charge in [0.05, 0.1) is 10.6 Å². The normalized spacial score (nSPS) is 11.1. The second-order valence-corrected chi connectivity index (χ2v) is 10.3. The molecule has 2 aromatic carbocycles. The van der Waals surface area contributed by atoms with E-state index in [2.05, 4.69) is 30.0 Å². The molecule has 0 spiro atoms. The van der Waals surface area contributed by atoms with Crippen LogP contribution in [0, 0.1) is 6.92 Å². The van der Waals surface area contributed by atoms with E-state index < -0.39 is 10.0 Å². The third kappa shape index (κ3) is 6.75. The summed E-state index contributed by atoms with van der Waals surface area (Å²) in [5.74, 6) is 0.617. The van der Waals surface area contributed by atoms with Crippen LogP contribution in [0.1, 0.15) is 15.9 Å². The average molecular weight is 527 g/mol. The van der Waals surface area contributed by atoms with E-state index in [-0.39, 0.29) is 22.4 Å². The van der Waals surface area contributed by atoms with Crippen LogP contribution < -0.4 is 10.0 Å². The van der Waals surface area contributed by atoms with Crippen molar-refractivity contribution in [2.75, 3.05) is 15.8 Å². The molecule has 0 bridgehead atoms. The fourth-order valence-electron chi connectivity index (χ4n) is 2.82. The summed E-state index contributed by atoms with van der Waals surface area (Å²) >= 11 is 7.08. The number of thioether (sulfide) groups is 1. The Morgan fingerprint density at radius 1 is 0.971 bits per heavy atom. The van der Waals surface area contributed by atoms with Crippen LogP contribution >= 0.6 is 23.4 Å². The Morgan fingerprint density at radius 2 is 1.66 bits per heavy atom. The van der Waals surface area contributed by atoms with Gasteiger partial charge in [-0.1, -0.05) is 23.4 Å². The van der Waals surface area contributed by atoms with E-state index >= 15 is 0 Å². The molecule has 0 aliphatic heterocycles. The molecule has 0 amide bonds. The summed E-state index contributed by atoms with van der Waals surface area (Å²) in [5.41, 5.74) is 2.01. The Kier molecular flexibility index (Phi) is 7.59. The van der Waals surface area contributed by atoms with Crippen molar-refractivity contribution in [1.29, 1.82) is 0 Å². The highest BCUT2D eigenvalue weighted by atomic mass is 35.5. The second kappa shape index (κ2) is 10.8. The van der Waals surface area contributed by atoms with Gasteiger partial charge >= 0.3 is 0 Å². The average Bonchev–Trinajstić information content (AvgIpc) is 2.85. The number of aromatic nitrogens is 4. The van der Waals surface area contributed by atoms with Crippen LogP contribution in [0.25, 0.3) is 0 Å². The minimum atomic E-state index is -3.83. The van der Waals surface area contributed by atoms with Crippen molar-refractivity contribution in [2.24, 2.45) is 0 Å². The van der Waals surface area contributed by atoms with Crippen LogP contribution in [0.5, 0.6) is 0 Å². The highest BCUT2D eigenvalue weighted by molar-refractivity contribution is 7.99. The SMILES string of the molecule is Cc1cnc(NS(=O)(=O)c2ccc(Nc3ccnc(SCC(=O)c4ccc(Cl)cc4)n3)cc2)nc1. The number of hydrogen-bond acceptors (Lipinski definition) is 9. The smallest absolute Gasteiger partial charge is 0.264 e. The maximum atomic E-state index is 12.6. The summed E-state index contributed by atoms with van der Waals surface area (Å²) in [7, 11) is -3.83. The number of anilines is 3. The molecular weight excluding hydrogens is 508 g/mol. The number of carbonyl (C=O) groups is 1. The molecule has 2 heterocycles. The quantitative estimate of drug-likeness (QED) is 0.180. The van der Waals surface area contributed by atoms with Crippen LogP contribution in [-0.2, 0) is 10.0 Å². The van der Waals surface area contributed by atoms with Gasteiger partial charge in [0.15, 0.2) is 10.9 Å². The zero-order valence-corrected chi connectivity index (χ0v) is 20.7. The number of sulfonamides is 1. The molecule has 2 aromatic heterocycles. The van der Waals surface area contributed by atoms with E-state index in [9.17, 15) is 13.2 Å². The molecule has 12 heteroatoms. The van der Waals surface area contributed by atoms with Gasteiger partial charge in [0.1, 0.15) is 5.82 Å². The van der Waals surface area contributed by atoms with Crippen molar-refractivity contribution in [3.8, 4) is 0 Å². The van der Waals surface area contributed by atoms with Gasteiger partial charge in [0.25, 0.3) is 10.0 Å². The molecule has 35 heavy (non-hydrogen) atoms. The molecule has 0 saturated heterocycles. The lowest BCUT2D eigenvalue weighted by Gasteiger charge is -2.09. The lowest BCUT2D eigenvalue weighted by molar-refractivity contribution is 0.102. The summed E-state index contributed by atoms with van der Waals surface area (Å²) in [6.07, 6.45) is 4.63. The Bertz CT molecular complexity index is 1430. The van der Waals surface area contributed by atoms with E-state index in [1.165, 1.54) is 36.3 Å². The van der Waals surface area contributed by atoms with Gasteiger partial charge in [-0.25, -0.2) is 33.1 Å². The van der Waals surface area contributed by atoms with Gasteiger partial charge in [0.2, 0.25) is 5.95 Å². The molecule has 178 valence electrons. The fourth-order valence-corrected chi connectivity index (χ4v) is 4.63. The second-order valence-electron chi connectivity index (χ2n) is 7.28. The number of nitrogens with one attached hydrogen (secondary N) is 2. The lowest BCUT2D eigenvalue weighted by atomic mass is 10.1. The number of aryl methyl sites for hydroxylation is 1. The lowest BCUT2D eigenvalue weighted by Crippen LogP contribution is -2.15. The van der Waals surface area contributed by atoms with E-state index in [1.807, 2.05) is 6.92 Å². The van der Waals surface area contributed by atoms with Crippen LogP contribution in [-0.4, -0.2) is 39.9 Å². The van der Waals surface area contributed by atoms with Crippen molar-refractivity contribution in [3.05, 3.63) is 89.3 Å². The predicted molar refractivity (Wildman–Crippen MR) is 136 cm³/mol. The third-order valence-corrected chi connectivity index (χ3v) is 7.03. The van der Waals surface area contributed by atoms with Crippen molar-refractivity contribution >= 4 is 56.6 Å². The number of benzene rings is 2. The highest BCUT2D eigenvalue weighted by Gasteiger charge is 2.15. The van der Waals surface area contributed by atoms with Crippen LogP contribution in [0.4, 0.5) is 17.5 Å². The van der Waals surface area contributed by atoms with Gasteiger partial charge in [-0.15, -0.1) is 0 Å². The molecule has 0 saturated carbocycles. The number of ketones is 1. The molecule has 0 atom stereocenters.